The molecule has 2 bridgehead atoms. The maximum atomic E-state index is 13.2. The van der Waals surface area contributed by atoms with Crippen LogP contribution in [0.2, 0.25) is 0 Å². The van der Waals surface area contributed by atoms with Crippen molar-refractivity contribution in [1.82, 2.24) is 4.90 Å². The maximum Gasteiger partial charge on any atom is 0.350 e. The molecule has 0 radical (unpaired) electrons. The molecule has 2 aromatic rings. The third-order valence-electron chi connectivity index (χ3n) is 9.00. The van der Waals surface area contributed by atoms with E-state index < -0.39 is 29.0 Å². The number of amides is 1. The monoisotopic (exact) mass is 540 g/mol. The lowest BCUT2D eigenvalue weighted by molar-refractivity contribution is -0.153. The van der Waals surface area contributed by atoms with Crippen LogP contribution in [-0.2, 0) is 21.4 Å². The summed E-state index contributed by atoms with van der Waals surface area (Å²) in [6.07, 6.45) is 2.44. The molecule has 3 heterocycles. The SMILES string of the molecule is COC(=O)c1sccc1NC(=O)/C(C)=C(\O)[C@@H]1Oc2c(O)ccc3c2[C@@]12CCN(CC1CC1)[C@H](C3)[C@@]2(C)O. The molecule has 6 rings (SSSR count). The summed E-state index contributed by atoms with van der Waals surface area (Å²) in [6.45, 7) is 4.92. The van der Waals surface area contributed by atoms with E-state index >= 15 is 0 Å². The predicted octanol–water partition coefficient (Wildman–Crippen LogP) is 3.50. The van der Waals surface area contributed by atoms with Crippen molar-refractivity contribution in [3.8, 4) is 11.5 Å². The van der Waals surface area contributed by atoms with Gasteiger partial charge < -0.3 is 30.1 Å². The van der Waals surface area contributed by atoms with Crippen LogP contribution in [0.4, 0.5) is 5.69 Å². The highest BCUT2D eigenvalue weighted by Gasteiger charge is 2.69. The van der Waals surface area contributed by atoms with Crippen LogP contribution in [0.15, 0.2) is 34.9 Å². The zero-order chi connectivity index (χ0) is 27.0. The Balaban J connectivity index is 1.40. The molecule has 1 spiro atoms. The molecule has 1 aromatic heterocycles. The van der Waals surface area contributed by atoms with Gasteiger partial charge in [-0.05, 0) is 75.1 Å². The topological polar surface area (TPSA) is 129 Å². The summed E-state index contributed by atoms with van der Waals surface area (Å²) in [5.41, 5.74) is -0.365. The molecule has 2 aliphatic carbocycles. The summed E-state index contributed by atoms with van der Waals surface area (Å²) < 4.78 is 11.0. The Bertz CT molecular complexity index is 1360. The highest BCUT2D eigenvalue weighted by molar-refractivity contribution is 7.12. The van der Waals surface area contributed by atoms with Crippen molar-refractivity contribution in [3.63, 3.8) is 0 Å². The standard InChI is InChI=1S/C28H32N2O7S/c1-14(25(33)29-17-8-11-38-23(17)26(34)36-3)21(32)24-28-9-10-30(13-15-4-5-15)19(27(28,2)35)12-16-6-7-18(31)22(37-24)20(16)28/h6-8,11,15,19,24,31-32,35H,4-5,9-10,12-13H2,1-3H3,(H,29,33)/b21-14-/t19-,24+,27-,28+/m1/s1. The Morgan fingerprint density at radius 1 is 1.29 bits per heavy atom. The highest BCUT2D eigenvalue weighted by Crippen LogP contribution is 2.63. The maximum absolute atomic E-state index is 13.2. The quantitative estimate of drug-likeness (QED) is 0.249. The summed E-state index contributed by atoms with van der Waals surface area (Å²) in [4.78, 5) is 27.9. The van der Waals surface area contributed by atoms with Crippen molar-refractivity contribution < 1.29 is 34.4 Å². The molecule has 0 unspecified atom stereocenters. The molecule has 2 fully saturated rings. The number of carbonyl (C=O) groups is 2. The minimum Gasteiger partial charge on any atom is -0.508 e. The average Bonchev–Trinajstić information content (AvgIpc) is 3.46. The number of aliphatic hydroxyl groups is 2. The summed E-state index contributed by atoms with van der Waals surface area (Å²) in [5, 5.41) is 38.9. The van der Waals surface area contributed by atoms with Gasteiger partial charge in [0, 0.05) is 18.2 Å². The van der Waals surface area contributed by atoms with Gasteiger partial charge in [0.1, 0.15) is 10.6 Å². The Morgan fingerprint density at radius 3 is 2.76 bits per heavy atom. The number of esters is 1. The molecule has 2 aliphatic heterocycles. The molecule has 9 nitrogen and oxygen atoms in total. The smallest absolute Gasteiger partial charge is 0.350 e. The average molecular weight is 541 g/mol. The second-order valence-electron chi connectivity index (χ2n) is 11.1. The van der Waals surface area contributed by atoms with Crippen LogP contribution in [0.1, 0.15) is 53.9 Å². The number of aliphatic hydroxyl groups excluding tert-OH is 1. The lowest BCUT2D eigenvalue weighted by Crippen LogP contribution is -2.73. The van der Waals surface area contributed by atoms with Crippen LogP contribution in [-0.4, -0.2) is 70.0 Å². The molecule has 4 atom stereocenters. The van der Waals surface area contributed by atoms with Crippen molar-refractivity contribution in [1.29, 1.82) is 0 Å². The molecule has 10 heteroatoms. The van der Waals surface area contributed by atoms with E-state index in [0.29, 0.717) is 25.3 Å². The van der Waals surface area contributed by atoms with E-state index in [0.717, 1.165) is 29.0 Å². The van der Waals surface area contributed by atoms with E-state index in [4.69, 9.17) is 9.47 Å². The number of anilines is 1. The van der Waals surface area contributed by atoms with Crippen LogP contribution in [0, 0.1) is 5.92 Å². The van der Waals surface area contributed by atoms with Crippen LogP contribution in [0.25, 0.3) is 0 Å². The summed E-state index contributed by atoms with van der Waals surface area (Å²) in [6, 6.07) is 4.87. The zero-order valence-electron chi connectivity index (χ0n) is 21.6. The highest BCUT2D eigenvalue weighted by atomic mass is 32.1. The number of phenolic OH excluding ortho intramolecular Hbond substituents is 1. The Labute approximate surface area is 224 Å². The number of hydrogen-bond donors (Lipinski definition) is 4. The lowest BCUT2D eigenvalue weighted by Gasteiger charge is -2.59. The van der Waals surface area contributed by atoms with Crippen molar-refractivity contribution in [2.45, 2.75) is 62.7 Å². The first-order valence-corrected chi connectivity index (χ1v) is 13.8. The minimum atomic E-state index is -1.30. The third kappa shape index (κ3) is 3.50. The normalized spacial score (nSPS) is 30.2. The van der Waals surface area contributed by atoms with Gasteiger partial charge in [0.15, 0.2) is 17.6 Å². The number of rotatable bonds is 6. The van der Waals surface area contributed by atoms with E-state index in [9.17, 15) is 24.9 Å². The number of nitrogens with zero attached hydrogens (tertiary/aromatic N) is 1. The molecule has 1 saturated heterocycles. The molecule has 4 N–H and O–H groups in total. The second-order valence-corrected chi connectivity index (χ2v) is 12.0. The predicted molar refractivity (Wildman–Crippen MR) is 141 cm³/mol. The largest absolute Gasteiger partial charge is 0.508 e. The first-order valence-electron chi connectivity index (χ1n) is 13.0. The molecule has 1 aromatic carbocycles. The molecular weight excluding hydrogens is 508 g/mol. The summed E-state index contributed by atoms with van der Waals surface area (Å²) in [5.74, 6) is -0.637. The molecule has 1 saturated carbocycles. The van der Waals surface area contributed by atoms with E-state index in [1.54, 1.807) is 24.4 Å². The number of thiophene rings is 1. The van der Waals surface area contributed by atoms with Crippen molar-refractivity contribution in [3.05, 3.63) is 50.9 Å². The zero-order valence-corrected chi connectivity index (χ0v) is 22.4. The first kappa shape index (κ1) is 25.2. The Hall–Kier alpha value is -3.08. The fraction of sp³-hybridized carbons (Fsp3) is 0.500. The third-order valence-corrected chi connectivity index (χ3v) is 9.89. The van der Waals surface area contributed by atoms with Crippen molar-refractivity contribution >= 4 is 28.9 Å². The van der Waals surface area contributed by atoms with Gasteiger partial charge in [-0.1, -0.05) is 6.07 Å². The molecule has 202 valence electrons. The number of aromatic hydroxyl groups is 1. The number of carbonyl (C=O) groups excluding carboxylic acids is 2. The van der Waals surface area contributed by atoms with E-state index in [1.807, 2.05) is 6.07 Å². The fourth-order valence-corrected chi connectivity index (χ4v) is 7.53. The van der Waals surface area contributed by atoms with Crippen molar-refractivity contribution in [2.75, 3.05) is 25.5 Å². The minimum absolute atomic E-state index is 0.00132. The van der Waals surface area contributed by atoms with E-state index in [2.05, 4.69) is 10.2 Å². The van der Waals surface area contributed by atoms with Crippen molar-refractivity contribution in [2.24, 2.45) is 5.92 Å². The molecule has 4 aliphatic rings. The van der Waals surface area contributed by atoms with Gasteiger partial charge in [-0.3, -0.25) is 9.69 Å². The number of likely N-dealkylation sites (tertiary alicyclic amines) is 1. The van der Waals surface area contributed by atoms with Crippen LogP contribution >= 0.6 is 11.3 Å². The fourth-order valence-electron chi connectivity index (χ4n) is 6.76. The number of benzene rings is 1. The van der Waals surface area contributed by atoms with Gasteiger partial charge in [-0.15, -0.1) is 11.3 Å². The van der Waals surface area contributed by atoms with Crippen LogP contribution in [0.5, 0.6) is 11.5 Å². The number of ether oxygens (including phenoxy) is 2. The number of methoxy groups -OCH3 is 1. The van der Waals surface area contributed by atoms with Gasteiger partial charge in [0.25, 0.3) is 5.91 Å². The molecule has 38 heavy (non-hydrogen) atoms. The van der Waals surface area contributed by atoms with E-state index in [1.165, 1.54) is 26.9 Å². The number of hydrogen-bond acceptors (Lipinski definition) is 9. The Kier molecular flexibility index (Phi) is 5.79. The van der Waals surface area contributed by atoms with Gasteiger partial charge in [0.05, 0.1) is 29.4 Å². The van der Waals surface area contributed by atoms with Gasteiger partial charge in [-0.25, -0.2) is 4.79 Å². The lowest BCUT2D eigenvalue weighted by atomic mass is 9.53. The number of fused-ring (bicyclic) bond motifs is 1. The summed E-state index contributed by atoms with van der Waals surface area (Å²) in [7, 11) is 1.27. The first-order chi connectivity index (χ1) is 18.1. The van der Waals surface area contributed by atoms with Gasteiger partial charge in [0.2, 0.25) is 0 Å². The number of phenols is 1. The van der Waals surface area contributed by atoms with E-state index in [-0.39, 0.29) is 39.4 Å². The summed E-state index contributed by atoms with van der Waals surface area (Å²) >= 11 is 1.14. The van der Waals surface area contributed by atoms with Gasteiger partial charge in [-0.2, -0.15) is 0 Å². The van der Waals surface area contributed by atoms with Gasteiger partial charge >= 0.3 is 5.97 Å². The van der Waals surface area contributed by atoms with Crippen LogP contribution in [0.3, 0.4) is 0 Å². The van der Waals surface area contributed by atoms with Crippen LogP contribution < -0.4 is 10.1 Å². The molecular formula is C28H32N2O7S. The number of nitrogens with one attached hydrogen (secondary N) is 1. The number of piperidine rings is 1. The second kappa shape index (κ2) is 8.72. The Morgan fingerprint density at radius 2 is 2.05 bits per heavy atom. The molecule has 1 amide bonds.